The Hall–Kier alpha value is -2.35. The number of nitrogens with zero attached hydrogens (tertiary/aromatic N) is 2. The number of rotatable bonds is 6. The summed E-state index contributed by atoms with van der Waals surface area (Å²) in [5, 5.41) is 6.11. The summed E-state index contributed by atoms with van der Waals surface area (Å²) in [5.74, 6) is -0.0419. The van der Waals surface area contributed by atoms with Crippen LogP contribution in [0.4, 0.5) is 5.69 Å². The highest BCUT2D eigenvalue weighted by Crippen LogP contribution is 2.32. The third-order valence-electron chi connectivity index (χ3n) is 5.82. The average Bonchev–Trinajstić information content (AvgIpc) is 3.53. The summed E-state index contributed by atoms with van der Waals surface area (Å²) >= 11 is 1.39. The molecule has 3 aliphatic rings. The quantitative estimate of drug-likeness (QED) is 0.727. The molecule has 2 N–H and O–H groups in total. The predicted molar refractivity (Wildman–Crippen MR) is 119 cm³/mol. The fraction of sp³-hybridized carbons (Fsp3) is 0.545. The zero-order chi connectivity index (χ0) is 21.1. The highest BCUT2D eigenvalue weighted by molar-refractivity contribution is 8.15. The first kappa shape index (κ1) is 20.9. The minimum atomic E-state index is -0.479. The standard InChI is InChI=1S/C22H28N4O3S/c1-14(15-8-9-15)23-20(28)16-6-5-7-17(12-16)24-19(27)13-18-21(29)25-22(30-18)26-10-3-2-4-11-26/h5-7,12,14-15,18H,2-4,8-11,13H2,1H3,(H,23,28)(H,24,27)/t14-,18+/m1/s1. The number of amidine groups is 1. The zero-order valence-corrected chi connectivity index (χ0v) is 18.0. The van der Waals surface area contributed by atoms with Crippen LogP contribution in [-0.2, 0) is 9.59 Å². The Morgan fingerprint density at radius 2 is 2.00 bits per heavy atom. The molecule has 8 heteroatoms. The smallest absolute Gasteiger partial charge is 0.262 e. The molecule has 7 nitrogen and oxygen atoms in total. The molecule has 30 heavy (non-hydrogen) atoms. The van der Waals surface area contributed by atoms with Gasteiger partial charge in [-0.2, -0.15) is 4.99 Å². The fourth-order valence-corrected chi connectivity index (χ4v) is 4.97. The lowest BCUT2D eigenvalue weighted by molar-refractivity contribution is -0.121. The molecule has 4 rings (SSSR count). The molecule has 0 spiro atoms. The third kappa shape index (κ3) is 5.22. The molecule has 1 aromatic carbocycles. The predicted octanol–water partition coefficient (Wildman–Crippen LogP) is 3.03. The van der Waals surface area contributed by atoms with Gasteiger partial charge in [-0.25, -0.2) is 0 Å². The van der Waals surface area contributed by atoms with Crippen LogP contribution in [0.25, 0.3) is 0 Å². The second-order valence-corrected chi connectivity index (χ2v) is 9.49. The third-order valence-corrected chi connectivity index (χ3v) is 7.04. The van der Waals surface area contributed by atoms with E-state index in [1.807, 2.05) is 6.92 Å². The number of benzene rings is 1. The average molecular weight is 429 g/mol. The van der Waals surface area contributed by atoms with Crippen LogP contribution in [0.2, 0.25) is 0 Å². The van der Waals surface area contributed by atoms with Gasteiger partial charge in [0.1, 0.15) is 5.25 Å². The molecule has 0 aromatic heterocycles. The molecule has 1 aliphatic carbocycles. The molecule has 3 amide bonds. The minimum Gasteiger partial charge on any atom is -0.351 e. The number of likely N-dealkylation sites (tertiary alicyclic amines) is 1. The van der Waals surface area contributed by atoms with E-state index < -0.39 is 5.25 Å². The lowest BCUT2D eigenvalue weighted by Crippen LogP contribution is -2.34. The number of carbonyl (C=O) groups is 3. The summed E-state index contributed by atoms with van der Waals surface area (Å²) in [5.41, 5.74) is 1.07. The maximum absolute atomic E-state index is 12.5. The van der Waals surface area contributed by atoms with Gasteiger partial charge in [0.15, 0.2) is 5.17 Å². The Morgan fingerprint density at radius 3 is 2.73 bits per heavy atom. The van der Waals surface area contributed by atoms with Crippen LogP contribution < -0.4 is 10.6 Å². The molecule has 1 saturated carbocycles. The van der Waals surface area contributed by atoms with Crippen LogP contribution >= 0.6 is 11.8 Å². The number of nitrogens with one attached hydrogen (secondary N) is 2. The first-order valence-corrected chi connectivity index (χ1v) is 11.6. The summed E-state index contributed by atoms with van der Waals surface area (Å²) in [6, 6.07) is 7.07. The van der Waals surface area contributed by atoms with E-state index in [-0.39, 0.29) is 30.2 Å². The topological polar surface area (TPSA) is 90.9 Å². The van der Waals surface area contributed by atoms with Gasteiger partial charge in [-0.1, -0.05) is 17.8 Å². The summed E-state index contributed by atoms with van der Waals surface area (Å²) in [4.78, 5) is 43.5. The van der Waals surface area contributed by atoms with Crippen LogP contribution in [0.5, 0.6) is 0 Å². The van der Waals surface area contributed by atoms with E-state index in [1.54, 1.807) is 24.3 Å². The molecule has 0 unspecified atom stereocenters. The van der Waals surface area contributed by atoms with Gasteiger partial charge in [-0.15, -0.1) is 0 Å². The minimum absolute atomic E-state index is 0.0689. The van der Waals surface area contributed by atoms with E-state index in [2.05, 4.69) is 20.5 Å². The van der Waals surface area contributed by atoms with E-state index in [1.165, 1.54) is 31.0 Å². The number of amides is 3. The number of hydrogen-bond acceptors (Lipinski definition) is 5. The van der Waals surface area contributed by atoms with Crippen LogP contribution in [0.3, 0.4) is 0 Å². The molecule has 1 saturated heterocycles. The number of anilines is 1. The van der Waals surface area contributed by atoms with E-state index in [9.17, 15) is 14.4 Å². The van der Waals surface area contributed by atoms with E-state index in [0.29, 0.717) is 17.2 Å². The van der Waals surface area contributed by atoms with Gasteiger partial charge in [0.05, 0.1) is 0 Å². The van der Waals surface area contributed by atoms with Crippen molar-refractivity contribution in [3.8, 4) is 0 Å². The summed E-state index contributed by atoms with van der Waals surface area (Å²) in [6.07, 6.45) is 5.84. The van der Waals surface area contributed by atoms with Crippen molar-refractivity contribution in [1.82, 2.24) is 10.2 Å². The Balaban J connectivity index is 1.30. The zero-order valence-electron chi connectivity index (χ0n) is 17.2. The molecular weight excluding hydrogens is 400 g/mol. The lowest BCUT2D eigenvalue weighted by Gasteiger charge is -2.27. The molecule has 0 radical (unpaired) electrons. The Kier molecular flexibility index (Phi) is 6.41. The van der Waals surface area contributed by atoms with Gasteiger partial charge < -0.3 is 15.5 Å². The summed E-state index contributed by atoms with van der Waals surface area (Å²) < 4.78 is 0. The van der Waals surface area contributed by atoms with Gasteiger partial charge in [-0.3, -0.25) is 14.4 Å². The van der Waals surface area contributed by atoms with Gasteiger partial charge >= 0.3 is 0 Å². The summed E-state index contributed by atoms with van der Waals surface area (Å²) in [7, 11) is 0. The van der Waals surface area contributed by atoms with Crippen LogP contribution in [-0.4, -0.2) is 52.2 Å². The monoisotopic (exact) mass is 428 g/mol. The van der Waals surface area contributed by atoms with Crippen LogP contribution in [0.15, 0.2) is 29.3 Å². The lowest BCUT2D eigenvalue weighted by atomic mass is 10.1. The first-order chi connectivity index (χ1) is 14.5. The van der Waals surface area contributed by atoms with Crippen molar-refractivity contribution in [2.24, 2.45) is 10.9 Å². The molecule has 160 valence electrons. The number of carbonyl (C=O) groups excluding carboxylic acids is 3. The normalized spacial score (nSPS) is 22.4. The number of piperidine rings is 1. The largest absolute Gasteiger partial charge is 0.351 e. The van der Waals surface area contributed by atoms with Crippen molar-refractivity contribution < 1.29 is 14.4 Å². The molecule has 2 atom stereocenters. The molecule has 2 heterocycles. The van der Waals surface area contributed by atoms with Crippen LogP contribution in [0.1, 0.15) is 55.8 Å². The number of hydrogen-bond donors (Lipinski definition) is 2. The van der Waals surface area contributed by atoms with Crippen molar-refractivity contribution >= 4 is 40.3 Å². The molecule has 1 aromatic rings. The second kappa shape index (κ2) is 9.20. The van der Waals surface area contributed by atoms with Gasteiger partial charge in [0.25, 0.3) is 11.8 Å². The molecule has 0 bridgehead atoms. The van der Waals surface area contributed by atoms with Crippen LogP contribution in [0, 0.1) is 5.92 Å². The highest BCUT2D eigenvalue weighted by atomic mass is 32.2. The number of aliphatic imine (C=N–C) groups is 1. The Morgan fingerprint density at radius 1 is 1.23 bits per heavy atom. The van der Waals surface area contributed by atoms with Crippen molar-refractivity contribution in [1.29, 1.82) is 0 Å². The Labute approximate surface area is 181 Å². The highest BCUT2D eigenvalue weighted by Gasteiger charge is 2.33. The van der Waals surface area contributed by atoms with Gasteiger partial charge in [0.2, 0.25) is 5.91 Å². The maximum Gasteiger partial charge on any atom is 0.262 e. The van der Waals surface area contributed by atoms with E-state index >= 15 is 0 Å². The summed E-state index contributed by atoms with van der Waals surface area (Å²) in [6.45, 7) is 3.87. The van der Waals surface area contributed by atoms with Gasteiger partial charge in [-0.05, 0) is 63.1 Å². The van der Waals surface area contributed by atoms with Crippen molar-refractivity contribution in [3.63, 3.8) is 0 Å². The Bertz CT molecular complexity index is 862. The number of thioether (sulfide) groups is 1. The van der Waals surface area contributed by atoms with Gasteiger partial charge in [0, 0.05) is 36.8 Å². The fourth-order valence-electron chi connectivity index (χ4n) is 3.85. The second-order valence-electron chi connectivity index (χ2n) is 8.32. The van der Waals surface area contributed by atoms with Crippen molar-refractivity contribution in [3.05, 3.63) is 29.8 Å². The van der Waals surface area contributed by atoms with Crippen molar-refractivity contribution in [2.45, 2.75) is 56.7 Å². The van der Waals surface area contributed by atoms with Crippen molar-refractivity contribution in [2.75, 3.05) is 18.4 Å². The first-order valence-electron chi connectivity index (χ1n) is 10.7. The molecular formula is C22H28N4O3S. The molecule has 2 aliphatic heterocycles. The van der Waals surface area contributed by atoms with E-state index in [0.717, 1.165) is 31.1 Å². The maximum atomic E-state index is 12.5. The SMILES string of the molecule is C[C@@H](NC(=O)c1cccc(NC(=O)C[C@@H]2SC(N3CCCCC3)=NC2=O)c1)C1CC1. The molecule has 2 fully saturated rings. The van der Waals surface area contributed by atoms with E-state index in [4.69, 9.17) is 0 Å².